The summed E-state index contributed by atoms with van der Waals surface area (Å²) in [5.41, 5.74) is 2.72. The Morgan fingerprint density at radius 2 is 2.29 bits per heavy atom. The average Bonchev–Trinajstić information content (AvgIpc) is 3.11. The molecule has 0 saturated carbocycles. The summed E-state index contributed by atoms with van der Waals surface area (Å²) < 4.78 is 6.84. The first kappa shape index (κ1) is 15.1. The number of benzene rings is 1. The fourth-order valence-corrected chi connectivity index (χ4v) is 4.27. The normalized spacial score (nSPS) is 14.8. The maximum atomic E-state index is 5.61. The lowest BCUT2D eigenvalue weighted by molar-refractivity contribution is 0.356. The second-order valence-electron chi connectivity index (χ2n) is 5.37. The third-order valence-corrected chi connectivity index (χ3v) is 5.79. The molecular formula is C17H20BrNOS. The predicted molar refractivity (Wildman–Crippen MR) is 92.4 cm³/mol. The molecule has 0 spiro atoms. The standard InChI is InChI=1S/C17H20BrNOS/c1-2-7-19-15(11-17-14(18)6-9-21-17)12-3-4-16-13(10-12)5-8-20-16/h3-4,6,9-10,15,19H,2,5,7-8,11H2,1H3. The van der Waals surface area contributed by atoms with Crippen molar-refractivity contribution in [3.63, 3.8) is 0 Å². The minimum Gasteiger partial charge on any atom is -0.493 e. The van der Waals surface area contributed by atoms with Gasteiger partial charge in [0.05, 0.1) is 6.61 Å². The van der Waals surface area contributed by atoms with Crippen LogP contribution in [-0.4, -0.2) is 13.2 Å². The van der Waals surface area contributed by atoms with Crippen LogP contribution in [0.5, 0.6) is 5.75 Å². The van der Waals surface area contributed by atoms with E-state index in [9.17, 15) is 0 Å². The largest absolute Gasteiger partial charge is 0.493 e. The monoisotopic (exact) mass is 365 g/mol. The molecule has 3 rings (SSSR count). The molecule has 1 aliphatic heterocycles. The summed E-state index contributed by atoms with van der Waals surface area (Å²) in [4.78, 5) is 1.40. The Labute approximate surface area is 138 Å². The van der Waals surface area contributed by atoms with Crippen LogP contribution in [0.1, 0.15) is 35.4 Å². The fraction of sp³-hybridized carbons (Fsp3) is 0.412. The summed E-state index contributed by atoms with van der Waals surface area (Å²) >= 11 is 5.47. The second-order valence-corrected chi connectivity index (χ2v) is 7.22. The van der Waals surface area contributed by atoms with E-state index in [1.807, 2.05) is 11.3 Å². The zero-order valence-electron chi connectivity index (χ0n) is 12.2. The van der Waals surface area contributed by atoms with Gasteiger partial charge in [-0.05, 0) is 57.5 Å². The van der Waals surface area contributed by atoms with E-state index in [1.165, 1.54) is 20.5 Å². The summed E-state index contributed by atoms with van der Waals surface area (Å²) in [6.07, 6.45) is 3.21. The minimum absolute atomic E-state index is 0.366. The predicted octanol–water partition coefficient (Wildman–Crippen LogP) is 4.73. The highest BCUT2D eigenvalue weighted by Gasteiger charge is 2.18. The Bertz CT molecular complexity index is 611. The molecule has 2 nitrogen and oxygen atoms in total. The molecule has 0 aliphatic carbocycles. The number of hydrogen-bond acceptors (Lipinski definition) is 3. The number of hydrogen-bond donors (Lipinski definition) is 1. The van der Waals surface area contributed by atoms with Crippen molar-refractivity contribution in [3.05, 3.63) is 50.1 Å². The van der Waals surface area contributed by atoms with Crippen LogP contribution < -0.4 is 10.1 Å². The van der Waals surface area contributed by atoms with Gasteiger partial charge in [-0.25, -0.2) is 0 Å². The molecule has 0 saturated heterocycles. The lowest BCUT2D eigenvalue weighted by atomic mass is 9.99. The molecule has 21 heavy (non-hydrogen) atoms. The Kier molecular flexibility index (Phi) is 4.99. The van der Waals surface area contributed by atoms with Gasteiger partial charge in [0.25, 0.3) is 0 Å². The Morgan fingerprint density at radius 1 is 1.38 bits per heavy atom. The molecular weight excluding hydrogens is 346 g/mol. The minimum atomic E-state index is 0.366. The van der Waals surface area contributed by atoms with Crippen molar-refractivity contribution < 1.29 is 4.74 Å². The van der Waals surface area contributed by atoms with Gasteiger partial charge in [0.1, 0.15) is 5.75 Å². The lowest BCUT2D eigenvalue weighted by Gasteiger charge is -2.19. The van der Waals surface area contributed by atoms with Gasteiger partial charge in [0.15, 0.2) is 0 Å². The third kappa shape index (κ3) is 3.50. The number of ether oxygens (including phenoxy) is 1. The molecule has 4 heteroatoms. The van der Waals surface area contributed by atoms with Crippen LogP contribution in [0.25, 0.3) is 0 Å². The van der Waals surface area contributed by atoms with Crippen molar-refractivity contribution in [1.82, 2.24) is 5.32 Å². The molecule has 2 heterocycles. The maximum Gasteiger partial charge on any atom is 0.122 e. The maximum absolute atomic E-state index is 5.61. The molecule has 0 bridgehead atoms. The molecule has 1 aliphatic rings. The van der Waals surface area contributed by atoms with Crippen molar-refractivity contribution in [2.45, 2.75) is 32.2 Å². The van der Waals surface area contributed by atoms with Crippen LogP contribution in [0.15, 0.2) is 34.1 Å². The number of rotatable bonds is 6. The first-order valence-electron chi connectivity index (χ1n) is 7.49. The van der Waals surface area contributed by atoms with E-state index in [2.05, 4.69) is 57.8 Å². The van der Waals surface area contributed by atoms with Gasteiger partial charge in [-0.1, -0.05) is 19.1 Å². The van der Waals surface area contributed by atoms with Gasteiger partial charge < -0.3 is 10.1 Å². The lowest BCUT2D eigenvalue weighted by Crippen LogP contribution is -2.24. The molecule has 1 aromatic heterocycles. The highest BCUT2D eigenvalue weighted by Crippen LogP contribution is 2.32. The van der Waals surface area contributed by atoms with E-state index in [1.54, 1.807) is 0 Å². The zero-order chi connectivity index (χ0) is 14.7. The van der Waals surface area contributed by atoms with E-state index >= 15 is 0 Å². The molecule has 2 aromatic rings. The summed E-state index contributed by atoms with van der Waals surface area (Å²) in [6.45, 7) is 4.07. The second kappa shape index (κ2) is 6.95. The van der Waals surface area contributed by atoms with Crippen LogP contribution in [0.2, 0.25) is 0 Å². The van der Waals surface area contributed by atoms with Crippen LogP contribution in [-0.2, 0) is 12.8 Å². The van der Waals surface area contributed by atoms with E-state index in [0.717, 1.165) is 38.2 Å². The molecule has 1 N–H and O–H groups in total. The van der Waals surface area contributed by atoms with Crippen molar-refractivity contribution >= 4 is 27.3 Å². The first-order chi connectivity index (χ1) is 10.3. The quantitative estimate of drug-likeness (QED) is 0.798. The highest BCUT2D eigenvalue weighted by atomic mass is 79.9. The first-order valence-corrected chi connectivity index (χ1v) is 9.16. The van der Waals surface area contributed by atoms with Gasteiger partial charge in [-0.2, -0.15) is 0 Å². The molecule has 1 atom stereocenters. The van der Waals surface area contributed by atoms with Crippen LogP contribution in [0.4, 0.5) is 0 Å². The average molecular weight is 366 g/mol. The molecule has 1 unspecified atom stereocenters. The number of thiophene rings is 1. The van der Waals surface area contributed by atoms with Gasteiger partial charge in [0, 0.05) is 28.2 Å². The van der Waals surface area contributed by atoms with Crippen molar-refractivity contribution in [3.8, 4) is 5.75 Å². The van der Waals surface area contributed by atoms with Crippen LogP contribution in [0, 0.1) is 0 Å². The molecule has 112 valence electrons. The summed E-state index contributed by atoms with van der Waals surface area (Å²) in [7, 11) is 0. The van der Waals surface area contributed by atoms with Crippen molar-refractivity contribution in [2.24, 2.45) is 0 Å². The van der Waals surface area contributed by atoms with Crippen LogP contribution >= 0.6 is 27.3 Å². The number of halogens is 1. The summed E-state index contributed by atoms with van der Waals surface area (Å²) in [5, 5.41) is 5.83. The van der Waals surface area contributed by atoms with Gasteiger partial charge in [-0.15, -0.1) is 11.3 Å². The summed E-state index contributed by atoms with van der Waals surface area (Å²) in [6, 6.07) is 9.15. The molecule has 0 amide bonds. The Balaban J connectivity index is 1.83. The smallest absolute Gasteiger partial charge is 0.122 e. The molecule has 0 radical (unpaired) electrons. The topological polar surface area (TPSA) is 21.3 Å². The van der Waals surface area contributed by atoms with Crippen LogP contribution in [0.3, 0.4) is 0 Å². The van der Waals surface area contributed by atoms with Crippen molar-refractivity contribution in [2.75, 3.05) is 13.2 Å². The third-order valence-electron chi connectivity index (χ3n) is 3.84. The fourth-order valence-electron chi connectivity index (χ4n) is 2.71. The van der Waals surface area contributed by atoms with E-state index in [0.29, 0.717) is 6.04 Å². The van der Waals surface area contributed by atoms with Gasteiger partial charge in [0.2, 0.25) is 0 Å². The molecule has 1 aromatic carbocycles. The van der Waals surface area contributed by atoms with Crippen molar-refractivity contribution in [1.29, 1.82) is 0 Å². The number of fused-ring (bicyclic) bond motifs is 1. The Hall–Kier alpha value is -0.840. The van der Waals surface area contributed by atoms with Gasteiger partial charge >= 0.3 is 0 Å². The highest BCUT2D eigenvalue weighted by molar-refractivity contribution is 9.10. The SMILES string of the molecule is CCCNC(Cc1sccc1Br)c1ccc2c(c1)CCO2. The summed E-state index contributed by atoms with van der Waals surface area (Å²) in [5.74, 6) is 1.06. The van der Waals surface area contributed by atoms with E-state index in [-0.39, 0.29) is 0 Å². The Morgan fingerprint density at radius 3 is 3.05 bits per heavy atom. The molecule has 0 fully saturated rings. The number of nitrogens with one attached hydrogen (secondary N) is 1. The van der Waals surface area contributed by atoms with E-state index < -0.39 is 0 Å². The van der Waals surface area contributed by atoms with E-state index in [4.69, 9.17) is 4.74 Å². The van der Waals surface area contributed by atoms with Gasteiger partial charge in [-0.3, -0.25) is 0 Å². The zero-order valence-corrected chi connectivity index (χ0v) is 14.6.